The van der Waals surface area contributed by atoms with Gasteiger partial charge in [-0.05, 0) is 163 Å². The average molecular weight is 910 g/mol. The first kappa shape index (κ1) is 41.6. The van der Waals surface area contributed by atoms with Crippen LogP contribution in [0.5, 0.6) is 0 Å². The van der Waals surface area contributed by atoms with E-state index in [-0.39, 0.29) is 0 Å². The lowest BCUT2D eigenvalue weighted by Crippen LogP contribution is -2.29. The lowest BCUT2D eigenvalue weighted by molar-refractivity contribution is 0.775. The van der Waals surface area contributed by atoms with E-state index in [4.69, 9.17) is 0 Å². The van der Waals surface area contributed by atoms with Crippen molar-refractivity contribution in [2.45, 2.75) is 12.3 Å². The molecule has 1 spiro atoms. The van der Waals surface area contributed by atoms with Crippen LogP contribution < -0.4 is 4.90 Å². The minimum absolute atomic E-state index is 0.514. The zero-order chi connectivity index (χ0) is 46.8. The number of hydrogen-bond acceptors (Lipinski definition) is 2. The first-order valence-electron chi connectivity index (χ1n) is 24.1. The zero-order valence-corrected chi connectivity index (χ0v) is 39.6. The average Bonchev–Trinajstić information content (AvgIpc) is 3.91. The highest BCUT2D eigenvalue weighted by Gasteiger charge is 2.49. The highest BCUT2D eigenvalue weighted by Crippen LogP contribution is 2.62. The van der Waals surface area contributed by atoms with Crippen molar-refractivity contribution in [3.05, 3.63) is 289 Å². The maximum Gasteiger partial charge on any atom is 0.0725 e. The van der Waals surface area contributed by atoms with Crippen LogP contribution in [0.15, 0.2) is 261 Å². The van der Waals surface area contributed by atoms with E-state index in [1.807, 2.05) is 30.4 Å². The lowest BCUT2D eigenvalue weighted by Gasteiger charge is -2.35. The summed E-state index contributed by atoms with van der Waals surface area (Å²) in [5.41, 5.74) is 22.9. The standard InChI is InChI=1S/C68H47NS/c1-3-5-17-45(4-2)46-28-35-52(36-29-46)69(51-18-7-6-8-19-51)53-37-30-47(31-38-53)48-33-40-66-60(42-48)61-43-49(34-41-67(61)70-66)50-32-39-59-58-24-13-16-27-64(58)68(65(59)44-50)62-25-14-11-22-56(62)54-20-9-10-21-55(54)57-23-12-15-26-63(57)68/h3-44H,2H2,1H3/b5-3-,45-17+. The molecule has 0 radical (unpaired) electrons. The van der Waals surface area contributed by atoms with Gasteiger partial charge in [-0.2, -0.15) is 0 Å². The monoisotopic (exact) mass is 909 g/mol. The van der Waals surface area contributed by atoms with E-state index in [0.717, 1.165) is 28.2 Å². The quantitative estimate of drug-likeness (QED) is 0.137. The van der Waals surface area contributed by atoms with E-state index in [0.29, 0.717) is 0 Å². The van der Waals surface area contributed by atoms with Crippen molar-refractivity contribution in [3.8, 4) is 55.6 Å². The topological polar surface area (TPSA) is 3.24 Å². The fourth-order valence-electron chi connectivity index (χ4n) is 11.5. The smallest absolute Gasteiger partial charge is 0.0725 e. The van der Waals surface area contributed by atoms with Crippen LogP contribution in [0.1, 0.15) is 34.7 Å². The molecule has 0 saturated heterocycles. The Morgan fingerprint density at radius 1 is 0.414 bits per heavy atom. The Morgan fingerprint density at radius 2 is 0.843 bits per heavy atom. The summed E-state index contributed by atoms with van der Waals surface area (Å²) in [4.78, 5) is 2.32. The fraction of sp³-hybridized carbons (Fsp3) is 0.0294. The molecule has 0 saturated carbocycles. The lowest BCUT2D eigenvalue weighted by atomic mass is 9.65. The molecule has 330 valence electrons. The van der Waals surface area contributed by atoms with Gasteiger partial charge in [0.15, 0.2) is 0 Å². The second-order valence-electron chi connectivity index (χ2n) is 18.3. The number of rotatable bonds is 8. The summed E-state index contributed by atoms with van der Waals surface area (Å²) in [7, 11) is 0. The molecule has 10 aromatic carbocycles. The van der Waals surface area contributed by atoms with Gasteiger partial charge in [0, 0.05) is 37.2 Å². The van der Waals surface area contributed by atoms with Gasteiger partial charge < -0.3 is 4.90 Å². The number of benzene rings is 10. The third-order valence-electron chi connectivity index (χ3n) is 14.6. The Balaban J connectivity index is 0.898. The van der Waals surface area contributed by atoms with E-state index >= 15 is 0 Å². The highest BCUT2D eigenvalue weighted by molar-refractivity contribution is 7.25. The summed E-state index contributed by atoms with van der Waals surface area (Å²) >= 11 is 1.87. The first-order valence-corrected chi connectivity index (χ1v) is 25.0. The highest BCUT2D eigenvalue weighted by atomic mass is 32.1. The molecule has 0 amide bonds. The summed E-state index contributed by atoms with van der Waals surface area (Å²) in [5, 5.41) is 2.57. The molecule has 0 atom stereocenters. The third kappa shape index (κ3) is 6.52. The maximum atomic E-state index is 4.06. The van der Waals surface area contributed by atoms with E-state index in [2.05, 4.69) is 254 Å². The SMILES string of the molecule is C=C/C(=C\C=C/C)c1ccc(N(c2ccccc2)c2ccc(-c3ccc4sc5ccc(-c6ccc7c(c6)C6(c8ccccc8-c8ccccc8-c8ccccc86)c6ccccc6-7)cc5c4c3)cc2)cc1. The molecular formula is C68H47NS. The molecule has 0 fully saturated rings. The molecule has 0 unspecified atom stereocenters. The number of para-hydroxylation sites is 1. The Bertz CT molecular complexity index is 3840. The molecule has 0 aliphatic heterocycles. The van der Waals surface area contributed by atoms with E-state index < -0.39 is 5.41 Å². The first-order chi connectivity index (χ1) is 34.6. The molecule has 2 aliphatic carbocycles. The van der Waals surface area contributed by atoms with E-state index in [9.17, 15) is 0 Å². The van der Waals surface area contributed by atoms with Crippen LogP contribution in [0.25, 0.3) is 81.4 Å². The van der Waals surface area contributed by atoms with Crippen molar-refractivity contribution in [2.24, 2.45) is 0 Å². The van der Waals surface area contributed by atoms with Crippen LogP contribution in [0.3, 0.4) is 0 Å². The van der Waals surface area contributed by atoms with Crippen LogP contribution in [-0.4, -0.2) is 0 Å². The third-order valence-corrected chi connectivity index (χ3v) is 15.8. The van der Waals surface area contributed by atoms with Crippen molar-refractivity contribution >= 4 is 54.1 Å². The van der Waals surface area contributed by atoms with Gasteiger partial charge in [0.1, 0.15) is 0 Å². The van der Waals surface area contributed by atoms with Gasteiger partial charge in [0.05, 0.1) is 5.41 Å². The van der Waals surface area contributed by atoms with E-state index in [1.165, 1.54) is 98.1 Å². The minimum atomic E-state index is -0.514. The second kappa shape index (κ2) is 16.9. The van der Waals surface area contributed by atoms with Gasteiger partial charge in [0.25, 0.3) is 0 Å². The van der Waals surface area contributed by atoms with Gasteiger partial charge >= 0.3 is 0 Å². The van der Waals surface area contributed by atoms with Crippen LogP contribution in [0.2, 0.25) is 0 Å². The van der Waals surface area contributed by atoms with Gasteiger partial charge in [-0.15, -0.1) is 11.3 Å². The Hall–Kier alpha value is -8.56. The number of thiophene rings is 1. The molecular weight excluding hydrogens is 863 g/mol. The molecule has 2 aliphatic rings. The van der Waals surface area contributed by atoms with E-state index in [1.54, 1.807) is 0 Å². The molecule has 70 heavy (non-hydrogen) atoms. The molecule has 13 rings (SSSR count). The summed E-state index contributed by atoms with van der Waals surface area (Å²) in [6, 6.07) is 86.0. The van der Waals surface area contributed by atoms with Crippen LogP contribution in [0.4, 0.5) is 17.1 Å². The van der Waals surface area contributed by atoms with Gasteiger partial charge in [-0.25, -0.2) is 0 Å². The summed E-state index contributed by atoms with van der Waals surface area (Å²) < 4.78 is 2.59. The zero-order valence-electron chi connectivity index (χ0n) is 38.8. The van der Waals surface area contributed by atoms with Gasteiger partial charge in [-0.3, -0.25) is 0 Å². The largest absolute Gasteiger partial charge is 0.311 e. The molecule has 1 nitrogen and oxygen atoms in total. The van der Waals surface area contributed by atoms with Gasteiger partial charge in [-0.1, -0.05) is 195 Å². The number of allylic oxidation sites excluding steroid dienone is 5. The van der Waals surface area contributed by atoms with Crippen LogP contribution in [0, 0.1) is 0 Å². The van der Waals surface area contributed by atoms with Crippen molar-refractivity contribution in [2.75, 3.05) is 4.90 Å². The Kier molecular flexibility index (Phi) is 10.0. The summed E-state index contributed by atoms with van der Waals surface area (Å²) in [6.07, 6.45) is 8.10. The summed E-state index contributed by atoms with van der Waals surface area (Å²) in [5.74, 6) is 0. The predicted molar refractivity (Wildman–Crippen MR) is 300 cm³/mol. The summed E-state index contributed by atoms with van der Waals surface area (Å²) in [6.45, 7) is 6.09. The predicted octanol–water partition coefficient (Wildman–Crippen LogP) is 19.0. The molecule has 0 bridgehead atoms. The number of hydrogen-bond donors (Lipinski definition) is 0. The Labute approximate surface area is 413 Å². The van der Waals surface area contributed by atoms with Crippen LogP contribution >= 0.6 is 11.3 Å². The van der Waals surface area contributed by atoms with Gasteiger partial charge in [0.2, 0.25) is 0 Å². The molecule has 2 heteroatoms. The molecule has 1 heterocycles. The Morgan fingerprint density at radius 3 is 1.40 bits per heavy atom. The number of fused-ring (bicyclic) bond motifs is 15. The van der Waals surface area contributed by atoms with Crippen molar-refractivity contribution in [1.82, 2.24) is 0 Å². The minimum Gasteiger partial charge on any atom is -0.311 e. The number of anilines is 3. The fourth-order valence-corrected chi connectivity index (χ4v) is 12.5. The number of nitrogens with zero attached hydrogens (tertiary/aromatic N) is 1. The maximum absolute atomic E-state index is 4.06. The van der Waals surface area contributed by atoms with Crippen molar-refractivity contribution in [3.63, 3.8) is 0 Å². The van der Waals surface area contributed by atoms with Crippen LogP contribution in [-0.2, 0) is 5.41 Å². The second-order valence-corrected chi connectivity index (χ2v) is 19.4. The normalized spacial score (nSPS) is 13.1. The van der Waals surface area contributed by atoms with Crippen molar-refractivity contribution in [1.29, 1.82) is 0 Å². The van der Waals surface area contributed by atoms with Crippen molar-refractivity contribution < 1.29 is 0 Å². The molecule has 11 aromatic rings. The molecule has 1 aromatic heterocycles. The molecule has 0 N–H and O–H groups in total.